The van der Waals surface area contributed by atoms with Crippen molar-refractivity contribution in [3.63, 3.8) is 0 Å². The van der Waals surface area contributed by atoms with Crippen molar-refractivity contribution in [1.82, 2.24) is 19.7 Å². The van der Waals surface area contributed by atoms with Gasteiger partial charge < -0.3 is 9.47 Å². The molecule has 3 heterocycles. The average molecular weight is 448 g/mol. The molecule has 0 spiro atoms. The highest BCUT2D eigenvalue weighted by atomic mass is 35.5. The fourth-order valence-electron chi connectivity index (χ4n) is 3.18. The molecule has 2 aromatic carbocycles. The fourth-order valence-corrected chi connectivity index (χ4v) is 4.13. The van der Waals surface area contributed by atoms with Gasteiger partial charge in [0.05, 0.1) is 11.6 Å². The molecule has 0 saturated carbocycles. The molecule has 1 aliphatic heterocycles. The summed E-state index contributed by atoms with van der Waals surface area (Å²) in [7, 11) is 0. The van der Waals surface area contributed by atoms with Crippen LogP contribution in [-0.4, -0.2) is 26.5 Å². The number of benzene rings is 2. The molecule has 2 aromatic heterocycles. The number of nitrogens with zero attached hydrogens (tertiary/aromatic N) is 5. The Bertz CT molecular complexity index is 1300. The summed E-state index contributed by atoms with van der Waals surface area (Å²) >= 11 is 7.34. The minimum Gasteiger partial charge on any atom is -0.454 e. The van der Waals surface area contributed by atoms with E-state index in [1.54, 1.807) is 12.1 Å². The van der Waals surface area contributed by atoms with Gasteiger partial charge in [0.1, 0.15) is 11.1 Å². The molecule has 31 heavy (non-hydrogen) atoms. The molecular weight excluding hydrogens is 434 g/mol. The van der Waals surface area contributed by atoms with Crippen molar-refractivity contribution in [2.75, 3.05) is 6.79 Å². The van der Waals surface area contributed by atoms with E-state index in [-0.39, 0.29) is 12.5 Å². The molecule has 0 aliphatic carbocycles. The zero-order valence-corrected chi connectivity index (χ0v) is 17.6. The molecule has 0 unspecified atom stereocenters. The molecule has 0 N–H and O–H groups in total. The van der Waals surface area contributed by atoms with E-state index in [4.69, 9.17) is 21.1 Å². The topological polar surface area (TPSA) is 85.9 Å². The van der Waals surface area contributed by atoms with E-state index in [1.165, 1.54) is 11.8 Å². The molecular formula is C22H14ClN5O2S. The Labute approximate surface area is 187 Å². The van der Waals surface area contributed by atoms with Crippen LogP contribution >= 0.6 is 23.4 Å². The lowest BCUT2D eigenvalue weighted by Crippen LogP contribution is -2.04. The second-order valence-corrected chi connectivity index (χ2v) is 8.03. The van der Waals surface area contributed by atoms with Gasteiger partial charge in [0.25, 0.3) is 0 Å². The molecule has 152 valence electrons. The SMILES string of the molecule is N#Cc1nc(Sc2nnc(-c3ccccc3)n2Cc2ccc3c(c2)OCO3)ccc1Cl. The molecule has 9 heteroatoms. The van der Waals surface area contributed by atoms with Crippen LogP contribution in [0.15, 0.2) is 70.8 Å². The molecule has 0 bridgehead atoms. The molecule has 0 atom stereocenters. The summed E-state index contributed by atoms with van der Waals surface area (Å²) < 4.78 is 12.9. The molecule has 0 amide bonds. The number of aromatic nitrogens is 4. The van der Waals surface area contributed by atoms with Crippen molar-refractivity contribution in [2.45, 2.75) is 16.7 Å². The van der Waals surface area contributed by atoms with Gasteiger partial charge in [0, 0.05) is 5.56 Å². The first-order valence-electron chi connectivity index (χ1n) is 9.33. The molecule has 1 aliphatic rings. The number of fused-ring (bicyclic) bond motifs is 1. The number of hydrogen-bond acceptors (Lipinski definition) is 7. The normalized spacial score (nSPS) is 12.0. The minimum atomic E-state index is 0.178. The molecule has 5 rings (SSSR count). The van der Waals surface area contributed by atoms with Gasteiger partial charge in [0.15, 0.2) is 28.2 Å². The van der Waals surface area contributed by atoms with Crippen molar-refractivity contribution in [3.8, 4) is 29.0 Å². The molecule has 4 aromatic rings. The van der Waals surface area contributed by atoms with Gasteiger partial charge in [-0.25, -0.2) is 4.98 Å². The van der Waals surface area contributed by atoms with Gasteiger partial charge in [-0.1, -0.05) is 48.0 Å². The molecule has 7 nitrogen and oxygen atoms in total. The van der Waals surface area contributed by atoms with E-state index in [0.29, 0.717) is 21.7 Å². The van der Waals surface area contributed by atoms with E-state index >= 15 is 0 Å². The maximum atomic E-state index is 9.23. The van der Waals surface area contributed by atoms with Gasteiger partial charge in [-0.2, -0.15) is 5.26 Å². The Morgan fingerprint density at radius 2 is 1.87 bits per heavy atom. The van der Waals surface area contributed by atoms with Crippen molar-refractivity contribution < 1.29 is 9.47 Å². The number of hydrogen-bond donors (Lipinski definition) is 0. The molecule has 0 radical (unpaired) electrons. The van der Waals surface area contributed by atoms with Crippen molar-refractivity contribution in [1.29, 1.82) is 5.26 Å². The number of nitriles is 1. The van der Waals surface area contributed by atoms with Crippen LogP contribution in [0.3, 0.4) is 0 Å². The van der Waals surface area contributed by atoms with Crippen LogP contribution in [0.1, 0.15) is 11.3 Å². The largest absolute Gasteiger partial charge is 0.454 e. The number of halogens is 1. The lowest BCUT2D eigenvalue weighted by molar-refractivity contribution is 0.174. The first-order valence-corrected chi connectivity index (χ1v) is 10.5. The van der Waals surface area contributed by atoms with Gasteiger partial charge in [-0.05, 0) is 41.6 Å². The van der Waals surface area contributed by atoms with Crippen molar-refractivity contribution in [2.24, 2.45) is 0 Å². The third kappa shape index (κ3) is 3.93. The van der Waals surface area contributed by atoms with E-state index in [1.807, 2.05) is 59.2 Å². The van der Waals surface area contributed by atoms with Crippen LogP contribution in [-0.2, 0) is 6.54 Å². The maximum Gasteiger partial charge on any atom is 0.231 e. The second-order valence-electron chi connectivity index (χ2n) is 6.64. The number of ether oxygens (including phenoxy) is 2. The summed E-state index contributed by atoms with van der Waals surface area (Å²) in [5.41, 5.74) is 2.14. The Morgan fingerprint density at radius 1 is 1.03 bits per heavy atom. The van der Waals surface area contributed by atoms with Gasteiger partial charge in [0.2, 0.25) is 6.79 Å². The van der Waals surface area contributed by atoms with Crippen LogP contribution in [0.25, 0.3) is 11.4 Å². The first kappa shape index (κ1) is 19.4. The average Bonchev–Trinajstić information content (AvgIpc) is 3.42. The van der Waals surface area contributed by atoms with E-state index in [9.17, 15) is 5.26 Å². The van der Waals surface area contributed by atoms with E-state index in [0.717, 1.165) is 28.5 Å². The second kappa shape index (κ2) is 8.30. The van der Waals surface area contributed by atoms with Crippen molar-refractivity contribution in [3.05, 3.63) is 76.9 Å². The van der Waals surface area contributed by atoms with Crippen LogP contribution in [0.4, 0.5) is 0 Å². The Morgan fingerprint density at radius 3 is 2.71 bits per heavy atom. The standard InChI is InChI=1S/C22H14ClN5O2S/c23-16-7-9-20(25-17(16)11-24)31-22-27-26-21(15-4-2-1-3-5-15)28(22)12-14-6-8-18-19(10-14)30-13-29-18/h1-10H,12-13H2. The zero-order valence-electron chi connectivity index (χ0n) is 16.0. The monoisotopic (exact) mass is 447 g/mol. The molecule has 0 fully saturated rings. The fraction of sp³-hybridized carbons (Fsp3) is 0.0909. The van der Waals surface area contributed by atoms with Gasteiger partial charge >= 0.3 is 0 Å². The Kier molecular flexibility index (Phi) is 5.20. The van der Waals surface area contributed by atoms with Crippen LogP contribution in [0.5, 0.6) is 11.5 Å². The first-order chi connectivity index (χ1) is 15.2. The summed E-state index contributed by atoms with van der Waals surface area (Å²) in [6.07, 6.45) is 0. The lowest BCUT2D eigenvalue weighted by atomic mass is 10.2. The van der Waals surface area contributed by atoms with E-state index < -0.39 is 0 Å². The highest BCUT2D eigenvalue weighted by molar-refractivity contribution is 7.99. The molecule has 0 saturated heterocycles. The summed E-state index contributed by atoms with van der Waals surface area (Å²) in [6, 6.07) is 21.1. The maximum absolute atomic E-state index is 9.23. The summed E-state index contributed by atoms with van der Waals surface area (Å²) in [5.74, 6) is 2.19. The number of rotatable bonds is 5. The van der Waals surface area contributed by atoms with Crippen LogP contribution in [0, 0.1) is 11.3 Å². The predicted octanol–water partition coefficient (Wildman–Crippen LogP) is 4.79. The van der Waals surface area contributed by atoms with Crippen LogP contribution in [0.2, 0.25) is 5.02 Å². The minimum absolute atomic E-state index is 0.178. The van der Waals surface area contributed by atoms with E-state index in [2.05, 4.69) is 15.2 Å². The summed E-state index contributed by atoms with van der Waals surface area (Å²) in [6.45, 7) is 0.750. The summed E-state index contributed by atoms with van der Waals surface area (Å²) in [5, 5.41) is 19.6. The quantitative estimate of drug-likeness (QED) is 0.434. The Balaban J connectivity index is 1.54. The van der Waals surface area contributed by atoms with Gasteiger partial charge in [-0.3, -0.25) is 4.57 Å². The smallest absolute Gasteiger partial charge is 0.231 e. The predicted molar refractivity (Wildman–Crippen MR) is 115 cm³/mol. The third-order valence-electron chi connectivity index (χ3n) is 4.65. The van der Waals surface area contributed by atoms with Crippen molar-refractivity contribution >= 4 is 23.4 Å². The number of pyridine rings is 1. The zero-order chi connectivity index (χ0) is 21.2. The lowest BCUT2D eigenvalue weighted by Gasteiger charge is -2.11. The summed E-state index contributed by atoms with van der Waals surface area (Å²) in [4.78, 5) is 4.32. The van der Waals surface area contributed by atoms with Crippen LogP contribution < -0.4 is 9.47 Å². The Hall–Kier alpha value is -3.54. The van der Waals surface area contributed by atoms with Gasteiger partial charge in [-0.15, -0.1) is 10.2 Å². The highest BCUT2D eigenvalue weighted by Crippen LogP contribution is 2.34. The highest BCUT2D eigenvalue weighted by Gasteiger charge is 2.19. The third-order valence-corrected chi connectivity index (χ3v) is 5.87.